The Bertz CT molecular complexity index is 507. The van der Waals surface area contributed by atoms with Crippen molar-refractivity contribution in [3.63, 3.8) is 0 Å². The lowest BCUT2D eigenvalue weighted by molar-refractivity contribution is 0.0632. The molecule has 0 spiro atoms. The molecule has 1 saturated heterocycles. The van der Waals surface area contributed by atoms with Crippen molar-refractivity contribution in [2.24, 2.45) is 0 Å². The Hall–Kier alpha value is -1.11. The summed E-state index contributed by atoms with van der Waals surface area (Å²) < 4.78 is 31.4. The minimum atomic E-state index is -3.29. The van der Waals surface area contributed by atoms with Gasteiger partial charge in [-0.05, 0) is 30.5 Å². The number of nitrogen functional groups attached to an aromatic ring is 1. The Kier molecular flexibility index (Phi) is 4.44. The third-order valence-electron chi connectivity index (χ3n) is 3.47. The first kappa shape index (κ1) is 14.3. The highest BCUT2D eigenvalue weighted by atomic mass is 32.2. The predicted octanol–water partition coefficient (Wildman–Crippen LogP) is 1.21. The molecule has 0 atom stereocenters. The maximum absolute atomic E-state index is 12.3. The van der Waals surface area contributed by atoms with E-state index in [-0.39, 0.29) is 11.8 Å². The minimum Gasteiger partial charge on any atom is -0.399 e. The average Bonchev–Trinajstić information content (AvgIpc) is 2.41. The van der Waals surface area contributed by atoms with Crippen LogP contribution in [0.5, 0.6) is 0 Å². The molecule has 0 amide bonds. The summed E-state index contributed by atoms with van der Waals surface area (Å²) in [6.45, 7) is 1.26. The van der Waals surface area contributed by atoms with Gasteiger partial charge >= 0.3 is 0 Å². The van der Waals surface area contributed by atoms with E-state index >= 15 is 0 Å². The molecule has 1 aromatic carbocycles. The zero-order valence-corrected chi connectivity index (χ0v) is 11.9. The molecule has 1 aliphatic rings. The number of nitrogens with two attached hydrogens (primary N) is 1. The highest BCUT2D eigenvalue weighted by Crippen LogP contribution is 2.19. The van der Waals surface area contributed by atoms with E-state index in [0.29, 0.717) is 18.9 Å². The molecule has 19 heavy (non-hydrogen) atoms. The van der Waals surface area contributed by atoms with Crippen molar-refractivity contribution in [1.82, 2.24) is 4.31 Å². The Balaban J connectivity index is 2.06. The van der Waals surface area contributed by atoms with Crippen molar-refractivity contribution in [2.75, 3.05) is 26.0 Å². The van der Waals surface area contributed by atoms with Gasteiger partial charge in [-0.15, -0.1) is 0 Å². The highest BCUT2D eigenvalue weighted by molar-refractivity contribution is 7.88. The summed E-state index contributed by atoms with van der Waals surface area (Å²) in [7, 11) is -1.63. The monoisotopic (exact) mass is 284 g/mol. The van der Waals surface area contributed by atoms with Crippen LogP contribution in [0.4, 0.5) is 5.69 Å². The van der Waals surface area contributed by atoms with Gasteiger partial charge in [-0.2, -0.15) is 0 Å². The van der Waals surface area contributed by atoms with Crippen molar-refractivity contribution in [3.05, 3.63) is 29.8 Å². The van der Waals surface area contributed by atoms with E-state index in [0.717, 1.165) is 18.4 Å². The SMILES string of the molecule is CN(C1CCOCC1)S(=O)(=O)Cc1ccc(N)cc1. The summed E-state index contributed by atoms with van der Waals surface area (Å²) in [4.78, 5) is 0. The van der Waals surface area contributed by atoms with Gasteiger partial charge in [-0.25, -0.2) is 12.7 Å². The van der Waals surface area contributed by atoms with Crippen LogP contribution in [0, 0.1) is 0 Å². The third-order valence-corrected chi connectivity index (χ3v) is 5.35. The van der Waals surface area contributed by atoms with Crippen molar-refractivity contribution in [1.29, 1.82) is 0 Å². The van der Waals surface area contributed by atoms with Crippen molar-refractivity contribution >= 4 is 15.7 Å². The molecule has 1 fully saturated rings. The van der Waals surface area contributed by atoms with Crippen LogP contribution in [-0.2, 0) is 20.5 Å². The Labute approximate surface area is 114 Å². The number of ether oxygens (including phenoxy) is 1. The summed E-state index contributed by atoms with van der Waals surface area (Å²) in [5.41, 5.74) is 6.99. The third kappa shape index (κ3) is 3.68. The van der Waals surface area contributed by atoms with E-state index in [1.807, 2.05) is 0 Å². The molecule has 0 aromatic heterocycles. The van der Waals surface area contributed by atoms with Gasteiger partial charge in [-0.3, -0.25) is 0 Å². The van der Waals surface area contributed by atoms with Crippen molar-refractivity contribution in [3.8, 4) is 0 Å². The zero-order valence-electron chi connectivity index (χ0n) is 11.1. The summed E-state index contributed by atoms with van der Waals surface area (Å²) in [6, 6.07) is 7.00. The molecule has 0 saturated carbocycles. The largest absolute Gasteiger partial charge is 0.399 e. The van der Waals surface area contributed by atoms with Crippen LogP contribution < -0.4 is 5.73 Å². The molecule has 1 heterocycles. The fraction of sp³-hybridized carbons (Fsp3) is 0.538. The number of benzene rings is 1. The van der Waals surface area contributed by atoms with Gasteiger partial charge in [-0.1, -0.05) is 12.1 Å². The van der Waals surface area contributed by atoms with Crippen LogP contribution in [0.1, 0.15) is 18.4 Å². The Morgan fingerprint density at radius 3 is 2.42 bits per heavy atom. The van der Waals surface area contributed by atoms with Crippen LogP contribution in [0.2, 0.25) is 0 Å². The maximum Gasteiger partial charge on any atom is 0.218 e. The number of nitrogens with zero attached hydrogens (tertiary/aromatic N) is 1. The maximum atomic E-state index is 12.3. The molecule has 106 valence electrons. The van der Waals surface area contributed by atoms with E-state index < -0.39 is 10.0 Å². The van der Waals surface area contributed by atoms with Gasteiger partial charge in [0.2, 0.25) is 10.0 Å². The summed E-state index contributed by atoms with van der Waals surface area (Å²) in [6.07, 6.45) is 1.52. The zero-order chi connectivity index (χ0) is 13.9. The first-order valence-electron chi connectivity index (χ1n) is 6.37. The Morgan fingerprint density at radius 2 is 1.84 bits per heavy atom. The smallest absolute Gasteiger partial charge is 0.218 e. The fourth-order valence-corrected chi connectivity index (χ4v) is 3.68. The summed E-state index contributed by atoms with van der Waals surface area (Å²) in [5.74, 6) is 0.0150. The second kappa shape index (κ2) is 5.90. The fourth-order valence-electron chi connectivity index (χ4n) is 2.20. The molecule has 5 nitrogen and oxygen atoms in total. The van der Waals surface area contributed by atoms with Crippen LogP contribution in [0.3, 0.4) is 0 Å². The van der Waals surface area contributed by atoms with Gasteiger partial charge in [0.05, 0.1) is 5.75 Å². The molecule has 0 bridgehead atoms. The molecule has 0 radical (unpaired) electrons. The van der Waals surface area contributed by atoms with Crippen LogP contribution >= 0.6 is 0 Å². The molecule has 0 unspecified atom stereocenters. The van der Waals surface area contributed by atoms with Crippen LogP contribution in [-0.4, -0.2) is 39.0 Å². The molecular formula is C13H20N2O3S. The normalized spacial score (nSPS) is 17.8. The number of anilines is 1. The van der Waals surface area contributed by atoms with Gasteiger partial charge < -0.3 is 10.5 Å². The van der Waals surface area contributed by atoms with E-state index in [4.69, 9.17) is 10.5 Å². The van der Waals surface area contributed by atoms with Gasteiger partial charge in [0.1, 0.15) is 0 Å². The van der Waals surface area contributed by atoms with Crippen LogP contribution in [0.25, 0.3) is 0 Å². The lowest BCUT2D eigenvalue weighted by atomic mass is 10.1. The topological polar surface area (TPSA) is 72.6 Å². The van der Waals surface area contributed by atoms with Gasteiger partial charge in [0.15, 0.2) is 0 Å². The molecule has 6 heteroatoms. The summed E-state index contributed by atoms with van der Waals surface area (Å²) in [5, 5.41) is 0. The lowest BCUT2D eigenvalue weighted by Gasteiger charge is -2.30. The molecule has 2 N–H and O–H groups in total. The van der Waals surface area contributed by atoms with E-state index in [9.17, 15) is 8.42 Å². The van der Waals surface area contributed by atoms with Gasteiger partial charge in [0.25, 0.3) is 0 Å². The van der Waals surface area contributed by atoms with E-state index in [2.05, 4.69) is 0 Å². The first-order chi connectivity index (χ1) is 8.99. The minimum absolute atomic E-state index is 0.0150. The second-order valence-electron chi connectivity index (χ2n) is 4.86. The first-order valence-corrected chi connectivity index (χ1v) is 7.98. The lowest BCUT2D eigenvalue weighted by Crippen LogP contribution is -2.41. The van der Waals surface area contributed by atoms with Crippen molar-refractivity contribution < 1.29 is 13.2 Å². The quantitative estimate of drug-likeness (QED) is 0.844. The molecule has 1 aromatic rings. The molecule has 0 aliphatic carbocycles. The number of rotatable bonds is 4. The number of sulfonamides is 1. The molecule has 2 rings (SSSR count). The highest BCUT2D eigenvalue weighted by Gasteiger charge is 2.27. The van der Waals surface area contributed by atoms with Crippen LogP contribution in [0.15, 0.2) is 24.3 Å². The molecule has 1 aliphatic heterocycles. The second-order valence-corrected chi connectivity index (χ2v) is 6.89. The summed E-state index contributed by atoms with van der Waals surface area (Å²) >= 11 is 0. The number of hydrogen-bond acceptors (Lipinski definition) is 4. The predicted molar refractivity (Wildman–Crippen MR) is 75.1 cm³/mol. The molecular weight excluding hydrogens is 264 g/mol. The van der Waals surface area contributed by atoms with E-state index in [1.165, 1.54) is 4.31 Å². The van der Waals surface area contributed by atoms with Crippen molar-refractivity contribution in [2.45, 2.75) is 24.6 Å². The average molecular weight is 284 g/mol. The standard InChI is InChI=1S/C13H20N2O3S/c1-15(13-6-8-18-9-7-13)19(16,17)10-11-2-4-12(14)5-3-11/h2-5,13H,6-10,14H2,1H3. The number of hydrogen-bond donors (Lipinski definition) is 1. The Morgan fingerprint density at radius 1 is 1.26 bits per heavy atom. The van der Waals surface area contributed by atoms with E-state index in [1.54, 1.807) is 31.3 Å². The van der Waals surface area contributed by atoms with Gasteiger partial charge in [0, 0.05) is 32.0 Å².